The maximum Gasteiger partial charge on any atom is 0.259 e. The SMILES string of the molecule is CNc1cc(C(=O)N(C)c2ccccc2OC)c(Cl)cn1. The fourth-order valence-electron chi connectivity index (χ4n) is 1.94. The molecule has 0 unspecified atom stereocenters. The molecule has 0 spiro atoms. The van der Waals surface area contributed by atoms with Crippen molar-refractivity contribution >= 4 is 29.0 Å². The third-order valence-corrected chi connectivity index (χ3v) is 3.39. The quantitative estimate of drug-likeness (QED) is 0.943. The number of rotatable bonds is 4. The Morgan fingerprint density at radius 2 is 2.10 bits per heavy atom. The normalized spacial score (nSPS) is 10.1. The summed E-state index contributed by atoms with van der Waals surface area (Å²) in [6, 6.07) is 8.92. The van der Waals surface area contributed by atoms with Gasteiger partial charge in [0.2, 0.25) is 0 Å². The summed E-state index contributed by atoms with van der Waals surface area (Å²) in [5.41, 5.74) is 1.05. The highest BCUT2D eigenvalue weighted by molar-refractivity contribution is 6.34. The van der Waals surface area contributed by atoms with Crippen LogP contribution in [0.25, 0.3) is 0 Å². The van der Waals surface area contributed by atoms with Gasteiger partial charge in [0.15, 0.2) is 0 Å². The van der Waals surface area contributed by atoms with E-state index < -0.39 is 0 Å². The molecule has 0 bridgehead atoms. The van der Waals surface area contributed by atoms with Crippen molar-refractivity contribution in [2.24, 2.45) is 0 Å². The van der Waals surface area contributed by atoms with Gasteiger partial charge in [0.1, 0.15) is 11.6 Å². The molecule has 110 valence electrons. The Kier molecular flexibility index (Phi) is 4.65. The standard InChI is InChI=1S/C15H16ClN3O2/c1-17-14-8-10(11(16)9-18-14)15(20)19(2)12-6-4-5-7-13(12)21-3/h4-9H,1-3H3,(H,17,18). The van der Waals surface area contributed by atoms with Gasteiger partial charge in [0, 0.05) is 20.3 Å². The number of carbonyl (C=O) groups excluding carboxylic acids is 1. The Hall–Kier alpha value is -2.27. The van der Waals surface area contributed by atoms with Gasteiger partial charge in [0.25, 0.3) is 5.91 Å². The van der Waals surface area contributed by atoms with Crippen LogP contribution in [0.1, 0.15) is 10.4 Å². The second kappa shape index (κ2) is 6.45. The molecule has 0 saturated carbocycles. The third-order valence-electron chi connectivity index (χ3n) is 3.09. The summed E-state index contributed by atoms with van der Waals surface area (Å²) in [6.45, 7) is 0. The lowest BCUT2D eigenvalue weighted by Gasteiger charge is -2.20. The van der Waals surface area contributed by atoms with Gasteiger partial charge in [-0.2, -0.15) is 0 Å². The number of carbonyl (C=O) groups is 1. The Bertz CT molecular complexity index is 661. The summed E-state index contributed by atoms with van der Waals surface area (Å²) in [5, 5.41) is 3.19. The van der Waals surface area contributed by atoms with Crippen LogP contribution >= 0.6 is 11.6 Å². The van der Waals surface area contributed by atoms with E-state index in [0.29, 0.717) is 27.8 Å². The molecule has 0 atom stereocenters. The number of hydrogen-bond donors (Lipinski definition) is 1. The molecule has 0 aliphatic heterocycles. The van der Waals surface area contributed by atoms with Gasteiger partial charge in [-0.05, 0) is 18.2 Å². The number of ether oxygens (including phenoxy) is 1. The van der Waals surface area contributed by atoms with Gasteiger partial charge in [-0.15, -0.1) is 0 Å². The van der Waals surface area contributed by atoms with E-state index in [2.05, 4.69) is 10.3 Å². The van der Waals surface area contributed by atoms with E-state index in [1.54, 1.807) is 33.3 Å². The van der Waals surface area contributed by atoms with Gasteiger partial charge in [-0.1, -0.05) is 23.7 Å². The van der Waals surface area contributed by atoms with Crippen molar-refractivity contribution in [3.8, 4) is 5.75 Å². The van der Waals surface area contributed by atoms with E-state index >= 15 is 0 Å². The van der Waals surface area contributed by atoms with Crippen molar-refractivity contribution in [1.29, 1.82) is 0 Å². The van der Waals surface area contributed by atoms with E-state index in [0.717, 1.165) is 0 Å². The molecular formula is C15H16ClN3O2. The summed E-state index contributed by atoms with van der Waals surface area (Å²) in [5.74, 6) is 0.965. The number of halogens is 1. The van der Waals surface area contributed by atoms with Gasteiger partial charge in [-0.3, -0.25) is 4.79 Å². The monoisotopic (exact) mass is 305 g/mol. The van der Waals surface area contributed by atoms with Crippen LogP contribution in [0.4, 0.5) is 11.5 Å². The largest absolute Gasteiger partial charge is 0.495 e. The predicted molar refractivity (Wildman–Crippen MR) is 84.5 cm³/mol. The number of para-hydroxylation sites is 2. The summed E-state index contributed by atoms with van der Waals surface area (Å²) >= 11 is 6.08. The first kappa shape index (κ1) is 15.1. The Labute approximate surface area is 128 Å². The zero-order chi connectivity index (χ0) is 15.4. The number of anilines is 2. The van der Waals surface area contributed by atoms with Crippen LogP contribution < -0.4 is 15.0 Å². The molecule has 0 saturated heterocycles. The maximum atomic E-state index is 12.6. The Morgan fingerprint density at radius 3 is 2.76 bits per heavy atom. The molecule has 1 heterocycles. The number of aromatic nitrogens is 1. The number of pyridine rings is 1. The first-order chi connectivity index (χ1) is 10.1. The minimum absolute atomic E-state index is 0.233. The summed E-state index contributed by atoms with van der Waals surface area (Å²) < 4.78 is 5.28. The number of nitrogens with one attached hydrogen (secondary N) is 1. The second-order valence-electron chi connectivity index (χ2n) is 4.34. The van der Waals surface area contributed by atoms with Crippen molar-refractivity contribution in [3.63, 3.8) is 0 Å². The van der Waals surface area contributed by atoms with E-state index in [1.165, 1.54) is 11.1 Å². The highest BCUT2D eigenvalue weighted by Gasteiger charge is 2.19. The number of nitrogens with zero attached hydrogens (tertiary/aromatic N) is 2. The zero-order valence-electron chi connectivity index (χ0n) is 12.1. The smallest absolute Gasteiger partial charge is 0.259 e. The molecule has 1 aromatic carbocycles. The number of hydrogen-bond acceptors (Lipinski definition) is 4. The van der Waals surface area contributed by atoms with Crippen molar-refractivity contribution in [2.75, 3.05) is 31.4 Å². The second-order valence-corrected chi connectivity index (χ2v) is 4.74. The predicted octanol–water partition coefficient (Wildman–Crippen LogP) is 3.06. The van der Waals surface area contributed by atoms with E-state index in [4.69, 9.17) is 16.3 Å². The van der Waals surface area contributed by atoms with Crippen LogP contribution in [-0.2, 0) is 0 Å². The van der Waals surface area contributed by atoms with Gasteiger partial charge >= 0.3 is 0 Å². The van der Waals surface area contributed by atoms with Crippen molar-refractivity contribution in [2.45, 2.75) is 0 Å². The summed E-state index contributed by atoms with van der Waals surface area (Å²) in [4.78, 5) is 18.2. The minimum Gasteiger partial charge on any atom is -0.495 e. The highest BCUT2D eigenvalue weighted by atomic mass is 35.5. The fraction of sp³-hybridized carbons (Fsp3) is 0.200. The lowest BCUT2D eigenvalue weighted by Crippen LogP contribution is -2.27. The molecule has 0 radical (unpaired) electrons. The molecule has 5 nitrogen and oxygen atoms in total. The average Bonchev–Trinajstić information content (AvgIpc) is 2.54. The van der Waals surface area contributed by atoms with Crippen LogP contribution in [0.3, 0.4) is 0 Å². The topological polar surface area (TPSA) is 54.5 Å². The molecule has 2 aromatic rings. The summed E-state index contributed by atoms with van der Waals surface area (Å²) in [7, 11) is 4.97. The molecule has 1 amide bonds. The van der Waals surface area contributed by atoms with Crippen molar-refractivity contribution in [3.05, 3.63) is 47.1 Å². The van der Waals surface area contributed by atoms with Gasteiger partial charge in [-0.25, -0.2) is 4.98 Å². The highest BCUT2D eigenvalue weighted by Crippen LogP contribution is 2.29. The van der Waals surface area contributed by atoms with Crippen molar-refractivity contribution < 1.29 is 9.53 Å². The Balaban J connectivity index is 2.39. The first-order valence-electron chi connectivity index (χ1n) is 6.33. The molecule has 0 fully saturated rings. The number of benzene rings is 1. The maximum absolute atomic E-state index is 12.6. The Morgan fingerprint density at radius 1 is 1.38 bits per heavy atom. The third kappa shape index (κ3) is 3.08. The van der Waals surface area contributed by atoms with Crippen LogP contribution in [0.15, 0.2) is 36.5 Å². The molecule has 6 heteroatoms. The number of methoxy groups -OCH3 is 1. The lowest BCUT2D eigenvalue weighted by atomic mass is 10.2. The number of amides is 1. The lowest BCUT2D eigenvalue weighted by molar-refractivity contribution is 0.0992. The molecule has 0 aliphatic carbocycles. The van der Waals surface area contributed by atoms with Crippen LogP contribution in [0.2, 0.25) is 5.02 Å². The van der Waals surface area contributed by atoms with Crippen LogP contribution in [-0.4, -0.2) is 32.1 Å². The zero-order valence-corrected chi connectivity index (χ0v) is 12.8. The first-order valence-corrected chi connectivity index (χ1v) is 6.70. The molecule has 1 aromatic heterocycles. The van der Waals surface area contributed by atoms with Crippen LogP contribution in [0.5, 0.6) is 5.75 Å². The molecule has 0 aliphatic rings. The fourth-order valence-corrected chi connectivity index (χ4v) is 2.12. The van der Waals surface area contributed by atoms with Gasteiger partial charge < -0.3 is 15.0 Å². The minimum atomic E-state index is -0.233. The molecule has 2 rings (SSSR count). The van der Waals surface area contributed by atoms with Gasteiger partial charge in [0.05, 0.1) is 23.4 Å². The molecule has 1 N–H and O–H groups in total. The summed E-state index contributed by atoms with van der Waals surface area (Å²) in [6.07, 6.45) is 1.46. The van der Waals surface area contributed by atoms with E-state index in [-0.39, 0.29) is 5.91 Å². The van der Waals surface area contributed by atoms with E-state index in [9.17, 15) is 4.79 Å². The van der Waals surface area contributed by atoms with Crippen LogP contribution in [0, 0.1) is 0 Å². The molecule has 21 heavy (non-hydrogen) atoms. The van der Waals surface area contributed by atoms with Crippen molar-refractivity contribution in [1.82, 2.24) is 4.98 Å². The molecular weight excluding hydrogens is 290 g/mol. The van der Waals surface area contributed by atoms with E-state index in [1.807, 2.05) is 18.2 Å². The average molecular weight is 306 g/mol.